The van der Waals surface area contributed by atoms with Crippen LogP contribution in [0.2, 0.25) is 0 Å². The Morgan fingerprint density at radius 2 is 1.95 bits per heavy atom. The number of rotatable bonds is 2. The molecule has 2 atom stereocenters. The first-order valence-electron chi connectivity index (χ1n) is 7.87. The molecule has 2 heterocycles. The van der Waals surface area contributed by atoms with Crippen molar-refractivity contribution < 1.29 is 4.79 Å². The second-order valence-corrected chi connectivity index (χ2v) is 6.13. The van der Waals surface area contributed by atoms with E-state index in [1.165, 1.54) is 24.8 Å². The minimum atomic E-state index is 0.211. The molecule has 20 heavy (non-hydrogen) atoms. The molecule has 0 radical (unpaired) electrons. The molecule has 3 rings (SSSR count). The summed E-state index contributed by atoms with van der Waals surface area (Å²) < 4.78 is 0. The van der Waals surface area contributed by atoms with Gasteiger partial charge >= 0.3 is 0 Å². The normalized spacial score (nSPS) is 26.8. The molecule has 1 aromatic rings. The maximum Gasteiger partial charge on any atom is 0.254 e. The molecule has 2 saturated heterocycles. The average molecular weight is 272 g/mol. The third kappa shape index (κ3) is 2.73. The minimum Gasteiger partial charge on any atom is -0.334 e. The van der Waals surface area contributed by atoms with Crippen LogP contribution in [-0.2, 0) is 0 Å². The first-order chi connectivity index (χ1) is 9.75. The highest BCUT2D eigenvalue weighted by atomic mass is 16.2. The Morgan fingerprint density at radius 1 is 1.15 bits per heavy atom. The summed E-state index contributed by atoms with van der Waals surface area (Å²) in [6, 6.07) is 8.88. The summed E-state index contributed by atoms with van der Waals surface area (Å²) in [5.41, 5.74) is 2.04. The Bertz CT molecular complexity index is 462. The van der Waals surface area contributed by atoms with Crippen LogP contribution in [0.25, 0.3) is 0 Å². The number of benzene rings is 1. The van der Waals surface area contributed by atoms with Crippen molar-refractivity contribution in [1.82, 2.24) is 10.2 Å². The van der Waals surface area contributed by atoms with E-state index in [9.17, 15) is 4.79 Å². The fraction of sp³-hybridized carbons (Fsp3) is 0.588. The first-order valence-corrected chi connectivity index (χ1v) is 7.87. The molecular weight excluding hydrogens is 248 g/mol. The molecule has 0 saturated carbocycles. The molecule has 2 unspecified atom stereocenters. The second kappa shape index (κ2) is 5.96. The molecule has 0 aromatic heterocycles. The highest BCUT2D eigenvalue weighted by Gasteiger charge is 2.34. The number of carbonyl (C=O) groups excluding carboxylic acids is 1. The Balaban J connectivity index is 1.78. The average Bonchev–Trinajstić information content (AvgIpc) is 3.01. The number of piperidine rings is 1. The molecule has 1 amide bonds. The van der Waals surface area contributed by atoms with Crippen molar-refractivity contribution in [2.75, 3.05) is 13.1 Å². The van der Waals surface area contributed by atoms with E-state index in [1.54, 1.807) is 0 Å². The highest BCUT2D eigenvalue weighted by molar-refractivity contribution is 5.94. The van der Waals surface area contributed by atoms with Gasteiger partial charge in [-0.05, 0) is 57.7 Å². The van der Waals surface area contributed by atoms with Crippen LogP contribution in [0, 0.1) is 6.92 Å². The van der Waals surface area contributed by atoms with E-state index in [1.807, 2.05) is 24.3 Å². The lowest BCUT2D eigenvalue weighted by molar-refractivity contribution is 0.0563. The Labute approximate surface area is 121 Å². The van der Waals surface area contributed by atoms with E-state index < -0.39 is 0 Å². The standard InChI is InChI=1S/C17H24N2O/c1-13-7-9-14(10-8-13)17(20)19-12-3-2-6-16(19)15-5-4-11-18-15/h7-10,15-16,18H,2-6,11-12H2,1H3. The smallest absolute Gasteiger partial charge is 0.254 e. The van der Waals surface area contributed by atoms with Crippen molar-refractivity contribution >= 4 is 5.91 Å². The van der Waals surface area contributed by atoms with E-state index in [0.717, 1.165) is 31.5 Å². The number of likely N-dealkylation sites (tertiary alicyclic amines) is 1. The molecule has 1 N–H and O–H groups in total. The lowest BCUT2D eigenvalue weighted by Crippen LogP contribution is -2.52. The Hall–Kier alpha value is -1.35. The van der Waals surface area contributed by atoms with Gasteiger partial charge in [-0.1, -0.05) is 17.7 Å². The maximum absolute atomic E-state index is 12.8. The summed E-state index contributed by atoms with van der Waals surface area (Å²) in [7, 11) is 0. The molecule has 2 aliphatic heterocycles. The maximum atomic E-state index is 12.8. The largest absolute Gasteiger partial charge is 0.334 e. The van der Waals surface area contributed by atoms with Gasteiger partial charge in [0, 0.05) is 24.2 Å². The first kappa shape index (κ1) is 13.6. The van der Waals surface area contributed by atoms with Gasteiger partial charge in [0.05, 0.1) is 0 Å². The number of hydrogen-bond donors (Lipinski definition) is 1. The monoisotopic (exact) mass is 272 g/mol. The van der Waals surface area contributed by atoms with Crippen molar-refractivity contribution in [2.45, 2.75) is 51.1 Å². The lowest BCUT2D eigenvalue weighted by Gasteiger charge is -2.39. The Kier molecular flexibility index (Phi) is 4.06. The lowest BCUT2D eigenvalue weighted by atomic mass is 9.93. The topological polar surface area (TPSA) is 32.3 Å². The van der Waals surface area contributed by atoms with Crippen LogP contribution in [-0.4, -0.2) is 36.0 Å². The minimum absolute atomic E-state index is 0.211. The van der Waals surface area contributed by atoms with Crippen LogP contribution in [0.1, 0.15) is 48.0 Å². The highest BCUT2D eigenvalue weighted by Crippen LogP contribution is 2.25. The number of nitrogens with one attached hydrogen (secondary N) is 1. The van der Waals surface area contributed by atoms with Crippen LogP contribution in [0.5, 0.6) is 0 Å². The molecule has 2 aliphatic rings. The van der Waals surface area contributed by atoms with Gasteiger partial charge in [-0.15, -0.1) is 0 Å². The van der Waals surface area contributed by atoms with Gasteiger partial charge in [0.25, 0.3) is 5.91 Å². The van der Waals surface area contributed by atoms with Gasteiger partial charge in [-0.3, -0.25) is 4.79 Å². The van der Waals surface area contributed by atoms with Gasteiger partial charge in [-0.25, -0.2) is 0 Å². The molecule has 2 fully saturated rings. The summed E-state index contributed by atoms with van der Waals surface area (Å²) >= 11 is 0. The zero-order chi connectivity index (χ0) is 13.9. The predicted molar refractivity (Wildman–Crippen MR) is 80.9 cm³/mol. The molecule has 3 heteroatoms. The van der Waals surface area contributed by atoms with Crippen molar-refractivity contribution in [1.29, 1.82) is 0 Å². The number of amides is 1. The van der Waals surface area contributed by atoms with Crippen molar-refractivity contribution in [3.05, 3.63) is 35.4 Å². The van der Waals surface area contributed by atoms with Gasteiger partial charge in [-0.2, -0.15) is 0 Å². The molecule has 0 aliphatic carbocycles. The molecule has 1 aromatic carbocycles. The summed E-state index contributed by atoms with van der Waals surface area (Å²) in [4.78, 5) is 14.9. The Morgan fingerprint density at radius 3 is 2.65 bits per heavy atom. The van der Waals surface area contributed by atoms with E-state index in [4.69, 9.17) is 0 Å². The third-order valence-corrected chi connectivity index (χ3v) is 4.67. The predicted octanol–water partition coefficient (Wildman–Crippen LogP) is 2.74. The summed E-state index contributed by atoms with van der Waals surface area (Å²) in [6.45, 7) is 4.07. The fourth-order valence-electron chi connectivity index (χ4n) is 3.53. The number of aryl methyl sites for hydroxylation is 1. The van der Waals surface area contributed by atoms with Crippen molar-refractivity contribution in [2.24, 2.45) is 0 Å². The van der Waals surface area contributed by atoms with E-state index in [2.05, 4.69) is 17.1 Å². The molecular formula is C17H24N2O. The van der Waals surface area contributed by atoms with Crippen molar-refractivity contribution in [3.8, 4) is 0 Å². The second-order valence-electron chi connectivity index (χ2n) is 6.13. The molecule has 0 bridgehead atoms. The van der Waals surface area contributed by atoms with Gasteiger partial charge in [0.2, 0.25) is 0 Å². The molecule has 3 nitrogen and oxygen atoms in total. The number of carbonyl (C=O) groups is 1. The summed E-state index contributed by atoms with van der Waals surface area (Å²) in [5.74, 6) is 0.211. The van der Waals surface area contributed by atoms with E-state index in [0.29, 0.717) is 12.1 Å². The number of nitrogens with zero attached hydrogens (tertiary/aromatic N) is 1. The summed E-state index contributed by atoms with van der Waals surface area (Å²) in [5, 5.41) is 3.58. The fourth-order valence-corrected chi connectivity index (χ4v) is 3.53. The van der Waals surface area contributed by atoms with Crippen LogP contribution in [0.3, 0.4) is 0 Å². The zero-order valence-electron chi connectivity index (χ0n) is 12.3. The van der Waals surface area contributed by atoms with Gasteiger partial charge in [0.1, 0.15) is 0 Å². The van der Waals surface area contributed by atoms with Crippen LogP contribution in [0.15, 0.2) is 24.3 Å². The van der Waals surface area contributed by atoms with E-state index >= 15 is 0 Å². The van der Waals surface area contributed by atoms with Gasteiger partial charge in [0.15, 0.2) is 0 Å². The van der Waals surface area contributed by atoms with E-state index in [-0.39, 0.29) is 5.91 Å². The quantitative estimate of drug-likeness (QED) is 0.898. The van der Waals surface area contributed by atoms with Crippen molar-refractivity contribution in [3.63, 3.8) is 0 Å². The van der Waals surface area contributed by atoms with Crippen LogP contribution >= 0.6 is 0 Å². The number of hydrogen-bond acceptors (Lipinski definition) is 2. The zero-order valence-corrected chi connectivity index (χ0v) is 12.3. The third-order valence-electron chi connectivity index (χ3n) is 4.67. The molecule has 108 valence electrons. The van der Waals surface area contributed by atoms with Crippen LogP contribution in [0.4, 0.5) is 0 Å². The molecule has 0 spiro atoms. The van der Waals surface area contributed by atoms with Gasteiger partial charge < -0.3 is 10.2 Å². The van der Waals surface area contributed by atoms with Crippen LogP contribution < -0.4 is 5.32 Å². The summed E-state index contributed by atoms with van der Waals surface area (Å²) in [6.07, 6.45) is 5.99. The SMILES string of the molecule is Cc1ccc(C(=O)N2CCCCC2C2CCCN2)cc1.